The molecule has 0 bridgehead atoms. The van der Waals surface area contributed by atoms with E-state index in [2.05, 4.69) is 37.5 Å². The van der Waals surface area contributed by atoms with Gasteiger partial charge in [-0.2, -0.15) is 23.3 Å². The molecule has 2 atom stereocenters. The van der Waals surface area contributed by atoms with Gasteiger partial charge < -0.3 is 15.5 Å². The molecular weight excluding hydrogens is 525 g/mol. The Labute approximate surface area is 226 Å². The van der Waals surface area contributed by atoms with E-state index in [0.29, 0.717) is 29.8 Å². The van der Waals surface area contributed by atoms with E-state index in [1.54, 1.807) is 12.1 Å². The number of halogens is 3. The number of hydrogen-bond donors (Lipinski definition) is 3. The summed E-state index contributed by atoms with van der Waals surface area (Å²) in [6.45, 7) is 3.90. The number of rotatable bonds is 6. The minimum absolute atomic E-state index is 0.0535. The average Bonchev–Trinajstić information content (AvgIpc) is 3.67. The van der Waals surface area contributed by atoms with Gasteiger partial charge in [0, 0.05) is 47.2 Å². The van der Waals surface area contributed by atoms with Gasteiger partial charge in [-0.3, -0.25) is 14.7 Å². The van der Waals surface area contributed by atoms with Crippen molar-refractivity contribution in [1.29, 1.82) is 0 Å². The van der Waals surface area contributed by atoms with Crippen LogP contribution in [0.15, 0.2) is 55.4 Å². The molecule has 1 aliphatic heterocycles. The van der Waals surface area contributed by atoms with Crippen LogP contribution in [0.5, 0.6) is 0 Å². The van der Waals surface area contributed by atoms with Crippen molar-refractivity contribution in [2.24, 2.45) is 0 Å². The van der Waals surface area contributed by atoms with Gasteiger partial charge in [-0.1, -0.05) is 12.6 Å². The molecule has 0 radical (unpaired) electrons. The van der Waals surface area contributed by atoms with Crippen molar-refractivity contribution in [3.8, 4) is 11.1 Å². The number of pyridine rings is 1. The first-order valence-electron chi connectivity index (χ1n) is 12.8. The first-order chi connectivity index (χ1) is 19.2. The number of carbonyl (C=O) groups is 2. The molecule has 0 saturated heterocycles. The Morgan fingerprint density at radius 3 is 2.77 bits per heavy atom. The summed E-state index contributed by atoms with van der Waals surface area (Å²) in [6.07, 6.45) is 2.21. The second kappa shape index (κ2) is 9.81. The van der Waals surface area contributed by atoms with Crippen LogP contribution in [0.3, 0.4) is 0 Å². The monoisotopic (exact) mass is 550 g/mol. The lowest BCUT2D eigenvalue weighted by molar-refractivity contribution is -0.142. The second-order valence-corrected chi connectivity index (χ2v) is 9.95. The molecule has 6 rings (SSSR count). The maximum atomic E-state index is 14.1. The third kappa shape index (κ3) is 4.67. The Morgan fingerprint density at radius 1 is 1.18 bits per heavy atom. The molecule has 2 amide bonds. The Morgan fingerprint density at radius 2 is 2.02 bits per heavy atom. The van der Waals surface area contributed by atoms with E-state index in [-0.39, 0.29) is 41.1 Å². The molecule has 13 heteroatoms. The maximum Gasteiger partial charge on any atom is 0.434 e. The largest absolute Gasteiger partial charge is 0.434 e. The molecule has 0 spiro atoms. The van der Waals surface area contributed by atoms with Gasteiger partial charge in [0.05, 0.1) is 6.20 Å². The first kappa shape index (κ1) is 25.6. The van der Waals surface area contributed by atoms with Crippen molar-refractivity contribution in [1.82, 2.24) is 29.7 Å². The van der Waals surface area contributed by atoms with E-state index < -0.39 is 11.9 Å². The second-order valence-electron chi connectivity index (χ2n) is 9.95. The summed E-state index contributed by atoms with van der Waals surface area (Å²) in [5.74, 6) is -0.369. The number of nitrogens with one attached hydrogen (secondary N) is 3. The minimum atomic E-state index is -4.67. The summed E-state index contributed by atoms with van der Waals surface area (Å²) >= 11 is 0. The standard InChI is InChI=1S/C27H25F3N8O2/c1-2-23(39)33-18-7-6-15-14-37(25(40)21(15)11-18)19-5-3-4-17(10-19)34-26-35-22-9-8-20(16-12-31-32-13-16)24(27(28,29)30)38(22)36-26/h2,6-9,11-13,17,19H,1,3-5,10,14H2,(H,31,32)(H,33,39)(H,34,36)/t17?,19-/m0/s1. The van der Waals surface area contributed by atoms with Gasteiger partial charge in [0.25, 0.3) is 5.91 Å². The lowest BCUT2D eigenvalue weighted by Gasteiger charge is -2.35. The van der Waals surface area contributed by atoms with Crippen molar-refractivity contribution in [3.05, 3.63) is 72.2 Å². The van der Waals surface area contributed by atoms with Crippen LogP contribution < -0.4 is 10.6 Å². The highest BCUT2D eigenvalue weighted by atomic mass is 19.4. The van der Waals surface area contributed by atoms with Crippen LogP contribution in [0.4, 0.5) is 24.8 Å². The number of aromatic nitrogens is 5. The number of hydrogen-bond acceptors (Lipinski definition) is 6. The SMILES string of the molecule is C=CC(=O)Nc1ccc2c(c1)C(=O)N([C@H]1CCCC(Nc3nc4ccc(-c5cn[nH]c5)c(C(F)(F)F)n4n3)C1)C2. The van der Waals surface area contributed by atoms with Gasteiger partial charge in [0.1, 0.15) is 0 Å². The molecule has 1 fully saturated rings. The van der Waals surface area contributed by atoms with Crippen molar-refractivity contribution in [3.63, 3.8) is 0 Å². The number of H-pyrrole nitrogens is 1. The smallest absolute Gasteiger partial charge is 0.350 e. The quantitative estimate of drug-likeness (QED) is 0.301. The molecule has 3 N–H and O–H groups in total. The fourth-order valence-corrected chi connectivity index (χ4v) is 5.56. The van der Waals surface area contributed by atoms with Crippen molar-refractivity contribution in [2.75, 3.05) is 10.6 Å². The Balaban J connectivity index is 1.20. The summed E-state index contributed by atoms with van der Waals surface area (Å²) in [5, 5.41) is 16.4. The molecular formula is C27H25F3N8O2. The molecule has 1 aliphatic carbocycles. The lowest BCUT2D eigenvalue weighted by Crippen LogP contribution is -2.42. The number of carbonyl (C=O) groups excluding carboxylic acids is 2. The number of benzene rings is 1. The van der Waals surface area contributed by atoms with Crippen LogP contribution in [-0.2, 0) is 17.5 Å². The molecule has 4 heterocycles. The minimum Gasteiger partial charge on any atom is -0.350 e. The van der Waals surface area contributed by atoms with Gasteiger partial charge in [0.15, 0.2) is 11.3 Å². The summed E-state index contributed by atoms with van der Waals surface area (Å²) in [5.41, 5.74) is 1.33. The van der Waals surface area contributed by atoms with Gasteiger partial charge in [-0.05, 0) is 61.6 Å². The molecule has 1 saturated carbocycles. The zero-order valence-corrected chi connectivity index (χ0v) is 21.2. The van der Waals surface area contributed by atoms with Crippen LogP contribution in [0, 0.1) is 0 Å². The van der Waals surface area contributed by atoms with Crippen molar-refractivity contribution in [2.45, 2.75) is 50.5 Å². The van der Waals surface area contributed by atoms with Gasteiger partial charge in [-0.25, -0.2) is 4.52 Å². The van der Waals surface area contributed by atoms with E-state index in [9.17, 15) is 22.8 Å². The number of nitrogens with zero attached hydrogens (tertiary/aromatic N) is 5. The van der Waals surface area contributed by atoms with Crippen LogP contribution >= 0.6 is 0 Å². The van der Waals surface area contributed by atoms with Crippen molar-refractivity contribution >= 4 is 29.1 Å². The number of anilines is 2. The Hall–Kier alpha value is -4.68. The van der Waals surface area contributed by atoms with Crippen molar-refractivity contribution < 1.29 is 22.8 Å². The summed E-state index contributed by atoms with van der Waals surface area (Å²) in [4.78, 5) is 31.1. The van der Waals surface area contributed by atoms with Crippen LogP contribution in [0.2, 0.25) is 0 Å². The molecule has 4 aromatic rings. The van der Waals surface area contributed by atoms with Crippen LogP contribution in [0.1, 0.15) is 47.3 Å². The number of amides is 2. The normalized spacial score (nSPS) is 19.1. The van der Waals surface area contributed by atoms with E-state index in [0.717, 1.165) is 35.4 Å². The number of aromatic amines is 1. The highest BCUT2D eigenvalue weighted by molar-refractivity contribution is 6.02. The third-order valence-electron chi connectivity index (χ3n) is 7.39. The van der Waals surface area contributed by atoms with Crippen LogP contribution in [0.25, 0.3) is 16.8 Å². The molecule has 2 aliphatic rings. The highest BCUT2D eigenvalue weighted by Crippen LogP contribution is 2.38. The zero-order chi connectivity index (χ0) is 28.0. The molecule has 1 aromatic carbocycles. The van der Waals surface area contributed by atoms with E-state index >= 15 is 0 Å². The average molecular weight is 551 g/mol. The van der Waals surface area contributed by atoms with Gasteiger partial charge >= 0.3 is 6.18 Å². The topological polar surface area (TPSA) is 120 Å². The molecule has 1 unspecified atom stereocenters. The predicted octanol–water partition coefficient (Wildman–Crippen LogP) is 4.64. The fraction of sp³-hybridized carbons (Fsp3) is 0.296. The molecule has 3 aromatic heterocycles. The number of fused-ring (bicyclic) bond motifs is 2. The van der Waals surface area contributed by atoms with Crippen LogP contribution in [-0.4, -0.2) is 53.6 Å². The molecule has 10 nitrogen and oxygen atoms in total. The summed E-state index contributed by atoms with van der Waals surface area (Å²) < 4.78 is 43.2. The predicted molar refractivity (Wildman–Crippen MR) is 140 cm³/mol. The molecule has 40 heavy (non-hydrogen) atoms. The van der Waals surface area contributed by atoms with Gasteiger partial charge in [0.2, 0.25) is 11.9 Å². The number of alkyl halides is 3. The fourth-order valence-electron chi connectivity index (χ4n) is 5.56. The highest BCUT2D eigenvalue weighted by Gasteiger charge is 2.39. The Bertz CT molecular complexity index is 1610. The zero-order valence-electron chi connectivity index (χ0n) is 21.2. The van der Waals surface area contributed by atoms with Gasteiger partial charge in [-0.15, -0.1) is 5.10 Å². The lowest BCUT2D eigenvalue weighted by atomic mass is 9.90. The summed E-state index contributed by atoms with van der Waals surface area (Å²) in [7, 11) is 0. The summed E-state index contributed by atoms with van der Waals surface area (Å²) in [6, 6.07) is 7.93. The first-order valence-corrected chi connectivity index (χ1v) is 12.8. The van der Waals surface area contributed by atoms with E-state index in [1.165, 1.54) is 24.5 Å². The molecule has 206 valence electrons. The van der Waals surface area contributed by atoms with E-state index in [1.807, 2.05) is 11.0 Å². The van der Waals surface area contributed by atoms with E-state index in [4.69, 9.17) is 0 Å². The Kier molecular flexibility index (Phi) is 6.28. The maximum absolute atomic E-state index is 14.1. The third-order valence-corrected chi connectivity index (χ3v) is 7.39.